The van der Waals surface area contributed by atoms with Crippen LogP contribution >= 0.6 is 11.6 Å². The van der Waals surface area contributed by atoms with Crippen molar-refractivity contribution in [1.82, 2.24) is 9.97 Å². The average molecular weight is 247 g/mol. The third-order valence-corrected chi connectivity index (χ3v) is 2.59. The molecule has 1 heterocycles. The predicted octanol–water partition coefficient (Wildman–Crippen LogP) is 2.76. The van der Waals surface area contributed by atoms with Crippen molar-refractivity contribution in [3.63, 3.8) is 0 Å². The first-order chi connectivity index (χ1) is 8.16. The molecule has 0 bridgehead atoms. The summed E-state index contributed by atoms with van der Waals surface area (Å²) in [6, 6.07) is 7.60. The van der Waals surface area contributed by atoms with Crippen molar-refractivity contribution in [2.75, 3.05) is 0 Å². The van der Waals surface area contributed by atoms with Crippen molar-refractivity contribution < 1.29 is 4.79 Å². The van der Waals surface area contributed by atoms with Crippen LogP contribution in [-0.2, 0) is 11.2 Å². The molecular weight excluding hydrogens is 236 g/mol. The lowest BCUT2D eigenvalue weighted by Crippen LogP contribution is -1.94. The van der Waals surface area contributed by atoms with Crippen LogP contribution in [0.4, 0.5) is 0 Å². The molecule has 2 aromatic rings. The maximum atomic E-state index is 10.8. The maximum Gasteiger partial charge on any atom is 0.226 e. The fraction of sp³-hybridized carbons (Fsp3) is 0.154. The lowest BCUT2D eigenvalue weighted by molar-refractivity contribution is -0.111. The number of hydrogen-bond donors (Lipinski definition) is 0. The first kappa shape index (κ1) is 11.7. The standard InChI is InChI=1S/C13H11ClN2O/c1-9-13(16-7-6-15-9)11-4-2-10(3-5-11)8-12(14)17/h2-7H,8H2,1H3. The van der Waals surface area contributed by atoms with E-state index < -0.39 is 0 Å². The molecule has 4 heteroatoms. The quantitative estimate of drug-likeness (QED) is 0.782. The Morgan fingerprint density at radius 2 is 1.82 bits per heavy atom. The van der Waals surface area contributed by atoms with Crippen molar-refractivity contribution in [2.24, 2.45) is 0 Å². The van der Waals surface area contributed by atoms with Crippen LogP contribution in [0.1, 0.15) is 11.3 Å². The largest absolute Gasteiger partial charge is 0.281 e. The summed E-state index contributed by atoms with van der Waals surface area (Å²) in [5.41, 5.74) is 3.63. The SMILES string of the molecule is Cc1nccnc1-c1ccc(CC(=O)Cl)cc1. The van der Waals surface area contributed by atoms with Gasteiger partial charge >= 0.3 is 0 Å². The minimum absolute atomic E-state index is 0.251. The van der Waals surface area contributed by atoms with Gasteiger partial charge in [-0.05, 0) is 24.1 Å². The summed E-state index contributed by atoms with van der Waals surface area (Å²) >= 11 is 5.33. The van der Waals surface area contributed by atoms with Gasteiger partial charge in [0.1, 0.15) is 0 Å². The van der Waals surface area contributed by atoms with Gasteiger partial charge in [-0.2, -0.15) is 0 Å². The van der Waals surface area contributed by atoms with Gasteiger partial charge in [-0.15, -0.1) is 0 Å². The molecule has 0 N–H and O–H groups in total. The molecule has 1 aromatic carbocycles. The third-order valence-electron chi connectivity index (χ3n) is 2.45. The first-order valence-electron chi connectivity index (χ1n) is 5.22. The highest BCUT2D eigenvalue weighted by atomic mass is 35.5. The van der Waals surface area contributed by atoms with Gasteiger partial charge in [-0.25, -0.2) is 0 Å². The van der Waals surface area contributed by atoms with Crippen LogP contribution in [0, 0.1) is 6.92 Å². The van der Waals surface area contributed by atoms with Crippen LogP contribution in [0.25, 0.3) is 11.3 Å². The molecule has 17 heavy (non-hydrogen) atoms. The molecule has 0 radical (unpaired) electrons. The van der Waals surface area contributed by atoms with Crippen molar-refractivity contribution in [2.45, 2.75) is 13.3 Å². The Labute approximate surface area is 104 Å². The molecule has 0 saturated carbocycles. The summed E-state index contributed by atoms with van der Waals surface area (Å²) < 4.78 is 0. The zero-order valence-corrected chi connectivity index (χ0v) is 10.1. The zero-order chi connectivity index (χ0) is 12.3. The van der Waals surface area contributed by atoms with E-state index in [1.165, 1.54) is 0 Å². The number of aryl methyl sites for hydroxylation is 1. The van der Waals surface area contributed by atoms with Gasteiger partial charge in [0.05, 0.1) is 11.4 Å². The van der Waals surface area contributed by atoms with Crippen molar-refractivity contribution in [3.8, 4) is 11.3 Å². The molecule has 0 atom stereocenters. The van der Waals surface area contributed by atoms with Gasteiger partial charge in [0.15, 0.2) is 0 Å². The number of benzene rings is 1. The molecule has 86 valence electrons. The van der Waals surface area contributed by atoms with Crippen LogP contribution in [0.5, 0.6) is 0 Å². The number of rotatable bonds is 3. The number of carbonyl (C=O) groups is 1. The lowest BCUT2D eigenvalue weighted by atomic mass is 10.1. The summed E-state index contributed by atoms with van der Waals surface area (Å²) in [5, 5.41) is -0.353. The minimum atomic E-state index is -0.353. The van der Waals surface area contributed by atoms with E-state index in [0.29, 0.717) is 0 Å². The topological polar surface area (TPSA) is 42.9 Å². The van der Waals surface area contributed by atoms with Gasteiger partial charge in [-0.1, -0.05) is 24.3 Å². The van der Waals surface area contributed by atoms with Crippen molar-refractivity contribution in [1.29, 1.82) is 0 Å². The molecule has 1 aromatic heterocycles. The van der Waals surface area contributed by atoms with E-state index in [-0.39, 0.29) is 11.7 Å². The minimum Gasteiger partial charge on any atom is -0.281 e. The Bertz CT molecular complexity index is 537. The first-order valence-corrected chi connectivity index (χ1v) is 5.60. The van der Waals surface area contributed by atoms with E-state index in [4.69, 9.17) is 11.6 Å². The molecular formula is C13H11ClN2O. The van der Waals surface area contributed by atoms with Gasteiger partial charge in [0.25, 0.3) is 0 Å². The van der Waals surface area contributed by atoms with Crippen molar-refractivity contribution >= 4 is 16.8 Å². The van der Waals surface area contributed by atoms with Gasteiger partial charge in [-0.3, -0.25) is 14.8 Å². The Morgan fingerprint density at radius 3 is 2.41 bits per heavy atom. The summed E-state index contributed by atoms with van der Waals surface area (Å²) in [5.74, 6) is 0. The Morgan fingerprint density at radius 1 is 1.18 bits per heavy atom. The summed E-state index contributed by atoms with van der Waals surface area (Å²) in [6.07, 6.45) is 3.58. The van der Waals surface area contributed by atoms with E-state index in [0.717, 1.165) is 22.5 Å². The number of carbonyl (C=O) groups excluding carboxylic acids is 1. The average Bonchev–Trinajstić information content (AvgIpc) is 2.30. The van der Waals surface area contributed by atoms with Crippen molar-refractivity contribution in [3.05, 3.63) is 47.9 Å². The highest BCUT2D eigenvalue weighted by molar-refractivity contribution is 6.63. The molecule has 0 spiro atoms. The highest BCUT2D eigenvalue weighted by Crippen LogP contribution is 2.19. The molecule has 0 fully saturated rings. The molecule has 0 saturated heterocycles. The second kappa shape index (κ2) is 5.06. The molecule has 0 aliphatic rings. The summed E-state index contributed by atoms with van der Waals surface area (Å²) in [6.45, 7) is 1.92. The molecule has 0 aliphatic carbocycles. The van der Waals surface area contributed by atoms with E-state index in [9.17, 15) is 4.79 Å². The van der Waals surface area contributed by atoms with Crippen LogP contribution in [-0.4, -0.2) is 15.2 Å². The number of halogens is 1. The maximum absolute atomic E-state index is 10.8. The zero-order valence-electron chi connectivity index (χ0n) is 9.35. The Balaban J connectivity index is 2.30. The fourth-order valence-electron chi connectivity index (χ4n) is 1.63. The van der Waals surface area contributed by atoms with Crippen LogP contribution in [0.3, 0.4) is 0 Å². The molecule has 0 aliphatic heterocycles. The molecule has 3 nitrogen and oxygen atoms in total. The van der Waals surface area contributed by atoms with Gasteiger partial charge < -0.3 is 0 Å². The summed E-state index contributed by atoms with van der Waals surface area (Å²) in [4.78, 5) is 19.2. The Hall–Kier alpha value is -1.74. The second-order valence-corrected chi connectivity index (χ2v) is 4.14. The number of hydrogen-bond acceptors (Lipinski definition) is 3. The third kappa shape index (κ3) is 2.88. The number of aromatic nitrogens is 2. The van der Waals surface area contributed by atoms with E-state index in [2.05, 4.69) is 9.97 Å². The fourth-order valence-corrected chi connectivity index (χ4v) is 1.79. The monoisotopic (exact) mass is 246 g/mol. The smallest absolute Gasteiger partial charge is 0.226 e. The Kier molecular flexibility index (Phi) is 3.49. The number of nitrogens with zero attached hydrogens (tertiary/aromatic N) is 2. The van der Waals surface area contributed by atoms with E-state index in [1.54, 1.807) is 12.4 Å². The molecule has 2 rings (SSSR count). The van der Waals surface area contributed by atoms with Crippen LogP contribution < -0.4 is 0 Å². The van der Waals surface area contributed by atoms with E-state index >= 15 is 0 Å². The van der Waals surface area contributed by atoms with Crippen LogP contribution in [0.2, 0.25) is 0 Å². The molecule has 0 amide bonds. The second-order valence-electron chi connectivity index (χ2n) is 3.72. The lowest BCUT2D eigenvalue weighted by Gasteiger charge is -2.04. The summed E-state index contributed by atoms with van der Waals surface area (Å²) in [7, 11) is 0. The normalized spacial score (nSPS) is 10.2. The van der Waals surface area contributed by atoms with Crippen LogP contribution in [0.15, 0.2) is 36.7 Å². The van der Waals surface area contributed by atoms with Gasteiger partial charge in [0.2, 0.25) is 5.24 Å². The van der Waals surface area contributed by atoms with Gasteiger partial charge in [0, 0.05) is 24.4 Å². The highest BCUT2D eigenvalue weighted by Gasteiger charge is 2.04. The predicted molar refractivity (Wildman–Crippen MR) is 66.8 cm³/mol. The van der Waals surface area contributed by atoms with E-state index in [1.807, 2.05) is 31.2 Å². The molecule has 0 unspecified atom stereocenters.